The van der Waals surface area contributed by atoms with Crippen molar-refractivity contribution < 1.29 is 0 Å². The molecule has 0 aliphatic rings. The summed E-state index contributed by atoms with van der Waals surface area (Å²) in [6.45, 7) is 13.0. The molecule has 0 rings (SSSR count). The van der Waals surface area contributed by atoms with Crippen molar-refractivity contribution in [2.24, 2.45) is 11.8 Å². The second kappa shape index (κ2) is 13.0. The first-order chi connectivity index (χ1) is 9.15. The van der Waals surface area contributed by atoms with Crippen LogP contribution in [0.5, 0.6) is 0 Å². The van der Waals surface area contributed by atoms with Crippen molar-refractivity contribution in [3.05, 3.63) is 0 Å². The predicted octanol–water partition coefficient (Wildman–Crippen LogP) is 5.79. The normalized spacial score (nSPS) is 16.3. The molecule has 0 bridgehead atoms. The van der Waals surface area contributed by atoms with Gasteiger partial charge in [0, 0.05) is 6.04 Å². The van der Waals surface area contributed by atoms with Crippen molar-refractivity contribution in [2.75, 3.05) is 6.54 Å². The van der Waals surface area contributed by atoms with Crippen molar-refractivity contribution in [3.8, 4) is 0 Å². The SMILES string of the molecule is CCCCC(CC)NCCCCC(C)C(C)CCC. The molecule has 1 nitrogen and oxygen atoms in total. The first-order valence-electron chi connectivity index (χ1n) is 8.88. The Morgan fingerprint density at radius 2 is 1.42 bits per heavy atom. The third kappa shape index (κ3) is 10.4. The molecule has 0 radical (unpaired) electrons. The van der Waals surface area contributed by atoms with Gasteiger partial charge in [-0.05, 0) is 37.6 Å². The molecule has 0 heterocycles. The second-order valence-electron chi connectivity index (χ2n) is 6.44. The summed E-state index contributed by atoms with van der Waals surface area (Å²) in [6, 6.07) is 0.761. The van der Waals surface area contributed by atoms with Gasteiger partial charge in [-0.25, -0.2) is 0 Å². The number of nitrogens with one attached hydrogen (secondary N) is 1. The van der Waals surface area contributed by atoms with E-state index in [1.807, 2.05) is 0 Å². The van der Waals surface area contributed by atoms with Crippen molar-refractivity contribution in [1.29, 1.82) is 0 Å². The van der Waals surface area contributed by atoms with Gasteiger partial charge in [-0.2, -0.15) is 0 Å². The third-order valence-corrected chi connectivity index (χ3v) is 4.63. The minimum Gasteiger partial charge on any atom is -0.314 e. The summed E-state index contributed by atoms with van der Waals surface area (Å²) in [4.78, 5) is 0. The van der Waals surface area contributed by atoms with Gasteiger partial charge in [0.25, 0.3) is 0 Å². The van der Waals surface area contributed by atoms with Crippen LogP contribution in [0.3, 0.4) is 0 Å². The van der Waals surface area contributed by atoms with E-state index >= 15 is 0 Å². The summed E-state index contributed by atoms with van der Waals surface area (Å²) < 4.78 is 0. The van der Waals surface area contributed by atoms with Crippen molar-refractivity contribution in [2.45, 2.75) is 98.4 Å². The van der Waals surface area contributed by atoms with Gasteiger partial charge < -0.3 is 5.32 Å². The lowest BCUT2D eigenvalue weighted by atomic mass is 9.88. The number of hydrogen-bond acceptors (Lipinski definition) is 1. The Balaban J connectivity index is 3.52. The maximum Gasteiger partial charge on any atom is 0.00644 e. The van der Waals surface area contributed by atoms with E-state index in [1.54, 1.807) is 0 Å². The predicted molar refractivity (Wildman–Crippen MR) is 88.7 cm³/mol. The van der Waals surface area contributed by atoms with Gasteiger partial charge in [-0.1, -0.05) is 73.1 Å². The topological polar surface area (TPSA) is 12.0 Å². The fourth-order valence-corrected chi connectivity index (χ4v) is 2.82. The summed E-state index contributed by atoms with van der Waals surface area (Å²) in [5.74, 6) is 1.81. The smallest absolute Gasteiger partial charge is 0.00644 e. The Labute approximate surface area is 122 Å². The Morgan fingerprint density at radius 3 is 2.00 bits per heavy atom. The van der Waals surface area contributed by atoms with Crippen LogP contribution in [-0.2, 0) is 0 Å². The average Bonchev–Trinajstić information content (AvgIpc) is 2.41. The molecule has 0 aliphatic heterocycles. The molecule has 0 aromatic carbocycles. The van der Waals surface area contributed by atoms with Crippen LogP contribution < -0.4 is 5.32 Å². The summed E-state index contributed by atoms with van der Waals surface area (Å²) in [6.07, 6.45) is 12.2. The molecule has 0 aromatic rings. The third-order valence-electron chi connectivity index (χ3n) is 4.63. The quantitative estimate of drug-likeness (QED) is 0.417. The largest absolute Gasteiger partial charge is 0.314 e. The molecule has 0 aliphatic carbocycles. The highest BCUT2D eigenvalue weighted by Gasteiger charge is 2.10. The van der Waals surface area contributed by atoms with Gasteiger partial charge in [0.15, 0.2) is 0 Å². The fraction of sp³-hybridized carbons (Fsp3) is 1.00. The maximum absolute atomic E-state index is 3.73. The van der Waals surface area contributed by atoms with Gasteiger partial charge in [0.1, 0.15) is 0 Å². The van der Waals surface area contributed by atoms with E-state index in [9.17, 15) is 0 Å². The van der Waals surface area contributed by atoms with Crippen LogP contribution in [0.1, 0.15) is 92.4 Å². The molecule has 3 atom stereocenters. The summed E-state index contributed by atoms with van der Waals surface area (Å²) in [5, 5.41) is 3.73. The lowest BCUT2D eigenvalue weighted by Crippen LogP contribution is -2.29. The Bertz CT molecular complexity index is 175. The second-order valence-corrected chi connectivity index (χ2v) is 6.44. The molecule has 0 saturated heterocycles. The van der Waals surface area contributed by atoms with E-state index in [1.165, 1.54) is 64.3 Å². The minimum atomic E-state index is 0.761. The lowest BCUT2D eigenvalue weighted by Gasteiger charge is -2.20. The summed E-state index contributed by atoms with van der Waals surface area (Å²) in [5.41, 5.74) is 0. The number of hydrogen-bond donors (Lipinski definition) is 1. The van der Waals surface area contributed by atoms with Crippen LogP contribution in [0, 0.1) is 11.8 Å². The Kier molecular flexibility index (Phi) is 12.9. The van der Waals surface area contributed by atoms with Crippen LogP contribution in [-0.4, -0.2) is 12.6 Å². The zero-order valence-electron chi connectivity index (χ0n) is 14.3. The summed E-state index contributed by atoms with van der Waals surface area (Å²) in [7, 11) is 0. The van der Waals surface area contributed by atoms with Gasteiger partial charge in [-0.3, -0.25) is 0 Å². The Morgan fingerprint density at radius 1 is 0.737 bits per heavy atom. The Hall–Kier alpha value is -0.0400. The molecule has 0 fully saturated rings. The van der Waals surface area contributed by atoms with Crippen LogP contribution in [0.25, 0.3) is 0 Å². The average molecular weight is 270 g/mol. The van der Waals surface area contributed by atoms with Crippen molar-refractivity contribution >= 4 is 0 Å². The molecule has 1 N–H and O–H groups in total. The molecular formula is C18H39N. The van der Waals surface area contributed by atoms with Crippen molar-refractivity contribution in [3.63, 3.8) is 0 Å². The molecule has 0 spiro atoms. The van der Waals surface area contributed by atoms with E-state index in [-0.39, 0.29) is 0 Å². The number of rotatable bonds is 13. The van der Waals surface area contributed by atoms with Gasteiger partial charge in [-0.15, -0.1) is 0 Å². The molecule has 1 heteroatoms. The fourth-order valence-electron chi connectivity index (χ4n) is 2.82. The van der Waals surface area contributed by atoms with Crippen LogP contribution in [0.2, 0.25) is 0 Å². The van der Waals surface area contributed by atoms with Gasteiger partial charge in [0.2, 0.25) is 0 Å². The van der Waals surface area contributed by atoms with Gasteiger partial charge in [0.05, 0.1) is 0 Å². The maximum atomic E-state index is 3.73. The van der Waals surface area contributed by atoms with Crippen LogP contribution in [0.4, 0.5) is 0 Å². The molecule has 116 valence electrons. The van der Waals surface area contributed by atoms with Gasteiger partial charge >= 0.3 is 0 Å². The van der Waals surface area contributed by atoms with Crippen molar-refractivity contribution in [1.82, 2.24) is 5.32 Å². The molecule has 0 amide bonds. The molecule has 0 aromatic heterocycles. The van der Waals surface area contributed by atoms with E-state index in [0.717, 1.165) is 17.9 Å². The van der Waals surface area contributed by atoms with E-state index in [4.69, 9.17) is 0 Å². The van der Waals surface area contributed by atoms with E-state index in [2.05, 4.69) is 39.9 Å². The molecular weight excluding hydrogens is 230 g/mol. The van der Waals surface area contributed by atoms with E-state index in [0.29, 0.717) is 0 Å². The monoisotopic (exact) mass is 269 g/mol. The highest BCUT2D eigenvalue weighted by Crippen LogP contribution is 2.21. The first-order valence-corrected chi connectivity index (χ1v) is 8.88. The molecule has 19 heavy (non-hydrogen) atoms. The van der Waals surface area contributed by atoms with Crippen LogP contribution in [0.15, 0.2) is 0 Å². The lowest BCUT2D eigenvalue weighted by molar-refractivity contribution is 0.329. The standard InChI is InChI=1S/C18H39N/c1-6-9-14-18(8-3)19-15-11-10-13-17(5)16(4)12-7-2/h16-19H,6-15H2,1-5H3. The molecule has 3 unspecified atom stereocenters. The van der Waals surface area contributed by atoms with Crippen LogP contribution >= 0.6 is 0 Å². The highest BCUT2D eigenvalue weighted by atomic mass is 14.9. The minimum absolute atomic E-state index is 0.761. The first kappa shape index (κ1) is 19.0. The zero-order chi connectivity index (χ0) is 14.5. The van der Waals surface area contributed by atoms with E-state index < -0.39 is 0 Å². The highest BCUT2D eigenvalue weighted by molar-refractivity contribution is 4.66. The number of unbranched alkanes of at least 4 members (excludes halogenated alkanes) is 2. The molecule has 0 saturated carbocycles. The zero-order valence-corrected chi connectivity index (χ0v) is 14.3. The summed E-state index contributed by atoms with van der Waals surface area (Å²) >= 11 is 0.